The minimum Gasteiger partial charge on any atom is -0.313 e. The van der Waals surface area contributed by atoms with E-state index in [0.29, 0.717) is 12.1 Å². The molecule has 1 unspecified atom stereocenters. The van der Waals surface area contributed by atoms with Crippen molar-refractivity contribution in [1.29, 1.82) is 0 Å². The lowest BCUT2D eigenvalue weighted by Gasteiger charge is -2.32. The van der Waals surface area contributed by atoms with Crippen LogP contribution in [0, 0.1) is 0 Å². The van der Waals surface area contributed by atoms with E-state index in [4.69, 9.17) is 0 Å². The summed E-state index contributed by atoms with van der Waals surface area (Å²) in [4.78, 5) is 6.95. The number of rotatable bonds is 7. The molecule has 1 saturated heterocycles. The number of hydrogen-bond acceptors (Lipinski definition) is 4. The molecular weight excluding hydrogens is 250 g/mol. The molecule has 2 rings (SSSR count). The van der Waals surface area contributed by atoms with Gasteiger partial charge in [-0.05, 0) is 39.7 Å². The second-order valence-corrected chi connectivity index (χ2v) is 6.07. The average molecular weight is 279 g/mol. The first kappa shape index (κ1) is 15.4. The first-order chi connectivity index (χ1) is 9.70. The van der Waals surface area contributed by atoms with Crippen LogP contribution in [0.2, 0.25) is 0 Å². The van der Waals surface area contributed by atoms with Crippen molar-refractivity contribution in [3.63, 3.8) is 0 Å². The van der Waals surface area contributed by atoms with Crippen molar-refractivity contribution in [1.82, 2.24) is 25.0 Å². The van der Waals surface area contributed by atoms with E-state index in [-0.39, 0.29) is 0 Å². The molecule has 2 heterocycles. The molecule has 1 aliphatic heterocycles. The first-order valence-electron chi connectivity index (χ1n) is 8.04. The van der Waals surface area contributed by atoms with Gasteiger partial charge in [-0.1, -0.05) is 13.3 Å². The van der Waals surface area contributed by atoms with Gasteiger partial charge in [-0.2, -0.15) is 5.10 Å². The molecule has 0 amide bonds. The minimum absolute atomic E-state index is 0.533. The molecule has 1 atom stereocenters. The molecule has 0 radical (unpaired) electrons. The maximum atomic E-state index is 4.44. The van der Waals surface area contributed by atoms with Crippen molar-refractivity contribution < 1.29 is 0 Å². The highest BCUT2D eigenvalue weighted by molar-refractivity contribution is 4.87. The van der Waals surface area contributed by atoms with Gasteiger partial charge in [0.1, 0.15) is 12.2 Å². The Labute approximate surface area is 122 Å². The van der Waals surface area contributed by atoms with Gasteiger partial charge in [0.15, 0.2) is 0 Å². The molecule has 0 bridgehead atoms. The Bertz CT molecular complexity index is 381. The monoisotopic (exact) mass is 279 g/mol. The van der Waals surface area contributed by atoms with Gasteiger partial charge in [0, 0.05) is 25.2 Å². The number of aryl methyl sites for hydroxylation is 1. The van der Waals surface area contributed by atoms with Crippen molar-refractivity contribution in [2.24, 2.45) is 0 Å². The van der Waals surface area contributed by atoms with Gasteiger partial charge >= 0.3 is 0 Å². The van der Waals surface area contributed by atoms with Gasteiger partial charge in [0.25, 0.3) is 0 Å². The maximum Gasteiger partial charge on any atom is 0.141 e. The van der Waals surface area contributed by atoms with Crippen LogP contribution in [-0.4, -0.2) is 44.8 Å². The van der Waals surface area contributed by atoms with Gasteiger partial charge in [-0.3, -0.25) is 4.90 Å². The van der Waals surface area contributed by atoms with Gasteiger partial charge in [-0.15, -0.1) is 0 Å². The molecule has 1 N–H and O–H groups in total. The van der Waals surface area contributed by atoms with Crippen LogP contribution in [0.25, 0.3) is 0 Å². The second-order valence-electron chi connectivity index (χ2n) is 6.07. The van der Waals surface area contributed by atoms with Crippen molar-refractivity contribution in [2.75, 3.05) is 13.1 Å². The highest BCUT2D eigenvalue weighted by Crippen LogP contribution is 2.12. The van der Waals surface area contributed by atoms with Crippen LogP contribution in [0.4, 0.5) is 0 Å². The van der Waals surface area contributed by atoms with E-state index in [0.717, 1.165) is 31.9 Å². The van der Waals surface area contributed by atoms with Crippen molar-refractivity contribution >= 4 is 0 Å². The molecule has 1 aromatic heterocycles. The van der Waals surface area contributed by atoms with Crippen LogP contribution < -0.4 is 5.32 Å². The summed E-state index contributed by atoms with van der Waals surface area (Å²) < 4.78 is 2.05. The lowest BCUT2D eigenvalue weighted by atomic mass is 10.0. The topological polar surface area (TPSA) is 46.0 Å². The molecular formula is C15H29N5. The molecule has 1 fully saturated rings. The zero-order chi connectivity index (χ0) is 14.4. The van der Waals surface area contributed by atoms with E-state index in [1.54, 1.807) is 6.33 Å². The molecule has 0 aromatic carbocycles. The Morgan fingerprint density at radius 1 is 1.45 bits per heavy atom. The highest BCUT2D eigenvalue weighted by Gasteiger charge is 2.20. The van der Waals surface area contributed by atoms with Crippen LogP contribution in [-0.2, 0) is 13.1 Å². The molecule has 1 aromatic rings. The van der Waals surface area contributed by atoms with Gasteiger partial charge < -0.3 is 5.32 Å². The molecule has 0 aliphatic carbocycles. The molecule has 1 aliphatic rings. The number of nitrogens with one attached hydrogen (secondary N) is 1. The zero-order valence-corrected chi connectivity index (χ0v) is 13.2. The largest absolute Gasteiger partial charge is 0.313 e. The molecule has 0 spiro atoms. The molecule has 114 valence electrons. The lowest BCUT2D eigenvalue weighted by molar-refractivity contribution is 0.170. The molecule has 0 saturated carbocycles. The van der Waals surface area contributed by atoms with Crippen LogP contribution >= 0.6 is 0 Å². The summed E-state index contributed by atoms with van der Waals surface area (Å²) in [6.45, 7) is 10.8. The summed E-state index contributed by atoms with van der Waals surface area (Å²) >= 11 is 0. The van der Waals surface area contributed by atoms with Gasteiger partial charge in [0.05, 0.1) is 6.54 Å². The van der Waals surface area contributed by atoms with E-state index in [1.807, 2.05) is 4.68 Å². The van der Waals surface area contributed by atoms with Crippen molar-refractivity contribution in [3.8, 4) is 0 Å². The fourth-order valence-corrected chi connectivity index (χ4v) is 2.81. The van der Waals surface area contributed by atoms with Gasteiger partial charge in [0.2, 0.25) is 0 Å². The molecule has 5 nitrogen and oxygen atoms in total. The fraction of sp³-hybridized carbons (Fsp3) is 0.867. The van der Waals surface area contributed by atoms with Crippen molar-refractivity contribution in [2.45, 2.75) is 71.6 Å². The highest BCUT2D eigenvalue weighted by atomic mass is 15.3. The van der Waals surface area contributed by atoms with E-state index >= 15 is 0 Å². The molecule has 20 heavy (non-hydrogen) atoms. The Kier molecular flexibility index (Phi) is 5.98. The second kappa shape index (κ2) is 7.74. The summed E-state index contributed by atoms with van der Waals surface area (Å²) in [5.74, 6) is 1.09. The third kappa shape index (κ3) is 4.28. The number of piperidine rings is 1. The summed E-state index contributed by atoms with van der Waals surface area (Å²) in [5.41, 5.74) is 0. The summed E-state index contributed by atoms with van der Waals surface area (Å²) in [6, 6.07) is 1.17. The smallest absolute Gasteiger partial charge is 0.141 e. The zero-order valence-electron chi connectivity index (χ0n) is 13.2. The quantitative estimate of drug-likeness (QED) is 0.829. The van der Waals surface area contributed by atoms with Crippen LogP contribution in [0.1, 0.15) is 52.3 Å². The van der Waals surface area contributed by atoms with E-state index in [1.165, 1.54) is 25.8 Å². The van der Waals surface area contributed by atoms with Crippen LogP contribution in [0.15, 0.2) is 6.33 Å². The standard InChI is InChI=1S/C15H29N5/c1-4-9-20-15(17-12-18-20)11-19(13(2)3)10-14-7-5-6-8-16-14/h12-14,16H,4-11H2,1-3H3. The Morgan fingerprint density at radius 2 is 2.30 bits per heavy atom. The van der Waals surface area contributed by atoms with E-state index < -0.39 is 0 Å². The van der Waals surface area contributed by atoms with Crippen LogP contribution in [0.3, 0.4) is 0 Å². The predicted octanol–water partition coefficient (Wildman–Crippen LogP) is 2.04. The predicted molar refractivity (Wildman–Crippen MR) is 81.5 cm³/mol. The normalized spacial score (nSPS) is 19.9. The third-order valence-electron chi connectivity index (χ3n) is 4.07. The summed E-state index contributed by atoms with van der Waals surface area (Å²) in [6.07, 6.45) is 6.76. The lowest BCUT2D eigenvalue weighted by Crippen LogP contribution is -2.45. The first-order valence-corrected chi connectivity index (χ1v) is 8.04. The average Bonchev–Trinajstić information content (AvgIpc) is 2.87. The summed E-state index contributed by atoms with van der Waals surface area (Å²) in [5, 5.41) is 7.97. The Hall–Kier alpha value is -0.940. The number of hydrogen-bond donors (Lipinski definition) is 1. The van der Waals surface area contributed by atoms with Gasteiger partial charge in [-0.25, -0.2) is 9.67 Å². The Balaban J connectivity index is 1.95. The third-order valence-corrected chi connectivity index (χ3v) is 4.07. The number of aromatic nitrogens is 3. The maximum absolute atomic E-state index is 4.44. The van der Waals surface area contributed by atoms with E-state index in [2.05, 4.69) is 41.1 Å². The fourth-order valence-electron chi connectivity index (χ4n) is 2.81. The van der Waals surface area contributed by atoms with Crippen molar-refractivity contribution in [3.05, 3.63) is 12.2 Å². The number of nitrogens with zero attached hydrogens (tertiary/aromatic N) is 4. The van der Waals surface area contributed by atoms with Crippen LogP contribution in [0.5, 0.6) is 0 Å². The Morgan fingerprint density at radius 3 is 2.95 bits per heavy atom. The molecule has 5 heteroatoms. The minimum atomic E-state index is 0.533. The SMILES string of the molecule is CCCn1ncnc1CN(CC1CCCCN1)C(C)C. The summed E-state index contributed by atoms with van der Waals surface area (Å²) in [7, 11) is 0. The van der Waals surface area contributed by atoms with E-state index in [9.17, 15) is 0 Å².